The summed E-state index contributed by atoms with van der Waals surface area (Å²) in [6.07, 6.45) is 13.4. The van der Waals surface area contributed by atoms with E-state index in [2.05, 4.69) is 17.0 Å². The van der Waals surface area contributed by atoms with E-state index < -0.39 is 5.97 Å². The van der Waals surface area contributed by atoms with E-state index in [1.807, 2.05) is 0 Å². The van der Waals surface area contributed by atoms with Gasteiger partial charge >= 0.3 is 5.97 Å². The number of rotatable bonds is 7. The van der Waals surface area contributed by atoms with Crippen molar-refractivity contribution >= 4 is 17.8 Å². The number of allylic oxidation sites excluding steroid dienone is 2. The van der Waals surface area contributed by atoms with Gasteiger partial charge in [0.2, 0.25) is 11.8 Å². The summed E-state index contributed by atoms with van der Waals surface area (Å²) >= 11 is 0. The van der Waals surface area contributed by atoms with Gasteiger partial charge in [-0.1, -0.05) is 12.2 Å². The molecule has 0 aliphatic carbocycles. The molecule has 2 N–H and O–H groups in total. The number of nitrogens with zero attached hydrogens (tertiary/aromatic N) is 1. The van der Waals surface area contributed by atoms with Gasteiger partial charge in [-0.2, -0.15) is 0 Å². The highest BCUT2D eigenvalue weighted by Crippen LogP contribution is 2.17. The van der Waals surface area contributed by atoms with Gasteiger partial charge in [0.15, 0.2) is 0 Å². The topological polar surface area (TPSA) is 86.7 Å². The molecule has 0 unspecified atom stereocenters. The van der Waals surface area contributed by atoms with E-state index in [0.717, 1.165) is 0 Å². The largest absolute Gasteiger partial charge is 0.481 e. The van der Waals surface area contributed by atoms with E-state index in [9.17, 15) is 14.4 Å². The first kappa shape index (κ1) is 19.3. The number of carboxylic acid groups (broad SMARTS) is 1. The number of amides is 2. The quantitative estimate of drug-likeness (QED) is 0.416. The van der Waals surface area contributed by atoms with Crippen LogP contribution >= 0.6 is 0 Å². The summed E-state index contributed by atoms with van der Waals surface area (Å²) in [5, 5.41) is 11.5. The molecule has 0 aromatic rings. The maximum atomic E-state index is 12.0. The van der Waals surface area contributed by atoms with Crippen molar-refractivity contribution in [2.24, 2.45) is 5.92 Å². The first-order valence-corrected chi connectivity index (χ1v) is 7.81. The molecule has 2 amide bonds. The summed E-state index contributed by atoms with van der Waals surface area (Å²) in [4.78, 5) is 36.0. The third-order valence-corrected chi connectivity index (χ3v) is 3.60. The van der Waals surface area contributed by atoms with Crippen molar-refractivity contribution in [3.63, 3.8) is 0 Å². The molecule has 1 rings (SSSR count). The van der Waals surface area contributed by atoms with Crippen LogP contribution in [0.3, 0.4) is 0 Å². The highest BCUT2D eigenvalue weighted by atomic mass is 16.4. The number of carboxylic acids is 1. The van der Waals surface area contributed by atoms with Crippen LogP contribution in [0, 0.1) is 18.3 Å². The summed E-state index contributed by atoms with van der Waals surface area (Å²) in [7, 11) is 0. The van der Waals surface area contributed by atoms with Crippen molar-refractivity contribution < 1.29 is 19.5 Å². The average Bonchev–Trinajstić information content (AvgIpc) is 2.59. The minimum absolute atomic E-state index is 0.0732. The number of nitrogens with one attached hydrogen (secondary N) is 1. The van der Waals surface area contributed by atoms with Crippen molar-refractivity contribution in [3.05, 3.63) is 30.0 Å². The molecule has 0 aromatic heterocycles. The van der Waals surface area contributed by atoms with Gasteiger partial charge in [-0.05, 0) is 25.0 Å². The molecular weight excluding hydrogens is 308 g/mol. The minimum atomic E-state index is -0.815. The van der Waals surface area contributed by atoms with E-state index in [-0.39, 0.29) is 30.7 Å². The Morgan fingerprint density at radius 1 is 1.29 bits per heavy atom. The number of terminal acetylenes is 1. The number of carbonyl (C=O) groups excluding carboxylic acids is 2. The molecule has 0 spiro atoms. The van der Waals surface area contributed by atoms with Gasteiger partial charge in [-0.3, -0.25) is 14.4 Å². The zero-order chi connectivity index (χ0) is 17.8. The lowest BCUT2D eigenvalue weighted by Gasteiger charge is -2.30. The first-order chi connectivity index (χ1) is 11.5. The van der Waals surface area contributed by atoms with Gasteiger partial charge in [0.1, 0.15) is 0 Å². The first-order valence-electron chi connectivity index (χ1n) is 7.81. The van der Waals surface area contributed by atoms with Gasteiger partial charge in [-0.15, -0.1) is 18.1 Å². The zero-order valence-electron chi connectivity index (χ0n) is 13.5. The average molecular weight is 330 g/mol. The van der Waals surface area contributed by atoms with E-state index in [0.29, 0.717) is 32.4 Å². The fourth-order valence-electron chi connectivity index (χ4n) is 2.21. The molecule has 0 atom stereocenters. The lowest BCUT2D eigenvalue weighted by Crippen LogP contribution is -2.45. The molecule has 1 heterocycles. The predicted molar refractivity (Wildman–Crippen MR) is 89.8 cm³/mol. The van der Waals surface area contributed by atoms with Gasteiger partial charge in [0.05, 0.1) is 18.9 Å². The highest BCUT2D eigenvalue weighted by molar-refractivity contribution is 5.85. The van der Waals surface area contributed by atoms with E-state index >= 15 is 0 Å². The van der Waals surface area contributed by atoms with Crippen LogP contribution in [0.4, 0.5) is 0 Å². The fraction of sp³-hybridized carbons (Fsp3) is 0.444. The third-order valence-electron chi connectivity index (χ3n) is 3.60. The van der Waals surface area contributed by atoms with Crippen molar-refractivity contribution in [1.29, 1.82) is 0 Å². The molecule has 1 fully saturated rings. The maximum Gasteiger partial charge on any atom is 0.306 e. The Bertz CT molecular complexity index is 587. The second-order valence-electron chi connectivity index (χ2n) is 5.35. The smallest absolute Gasteiger partial charge is 0.306 e. The molecule has 0 aromatic carbocycles. The van der Waals surface area contributed by atoms with Crippen molar-refractivity contribution in [2.45, 2.75) is 25.7 Å². The molecule has 6 nitrogen and oxygen atoms in total. The van der Waals surface area contributed by atoms with Crippen LogP contribution in [0.5, 0.6) is 0 Å². The van der Waals surface area contributed by atoms with Crippen LogP contribution in [-0.2, 0) is 14.4 Å². The van der Waals surface area contributed by atoms with Crippen LogP contribution in [0.1, 0.15) is 25.7 Å². The van der Waals surface area contributed by atoms with Crippen LogP contribution in [0.2, 0.25) is 0 Å². The van der Waals surface area contributed by atoms with E-state index in [4.69, 9.17) is 11.5 Å². The Kier molecular flexibility index (Phi) is 8.73. The molecule has 1 aliphatic rings. The highest BCUT2D eigenvalue weighted by Gasteiger charge is 2.26. The van der Waals surface area contributed by atoms with Gasteiger partial charge in [0.25, 0.3) is 0 Å². The van der Waals surface area contributed by atoms with Gasteiger partial charge < -0.3 is 15.3 Å². The Labute approximate surface area is 141 Å². The molecule has 6 heteroatoms. The summed E-state index contributed by atoms with van der Waals surface area (Å²) in [5.74, 6) is 0.813. The number of piperidine rings is 1. The maximum absolute atomic E-state index is 12.0. The second-order valence-corrected chi connectivity index (χ2v) is 5.35. The van der Waals surface area contributed by atoms with Crippen molar-refractivity contribution in [3.8, 4) is 12.3 Å². The van der Waals surface area contributed by atoms with Gasteiger partial charge in [-0.25, -0.2) is 0 Å². The van der Waals surface area contributed by atoms with Crippen LogP contribution in [0.25, 0.3) is 0 Å². The van der Waals surface area contributed by atoms with Crippen molar-refractivity contribution in [2.75, 3.05) is 19.6 Å². The Balaban J connectivity index is 2.25. The number of aliphatic carboxylic acids is 1. The standard InChI is InChI=1S/C18H22N2O4/c1-2-3-4-5-6-7-8-9-16(21)19-14-17(22)20-12-10-15(11-13-20)18(23)24/h1,4-6,8,15H,3,9-14H2,(H,19,21)(H,23,24)/b5-4-. The molecule has 1 saturated heterocycles. The Morgan fingerprint density at radius 2 is 2.00 bits per heavy atom. The van der Waals surface area contributed by atoms with Crippen LogP contribution < -0.4 is 5.32 Å². The summed E-state index contributed by atoms with van der Waals surface area (Å²) < 4.78 is 0. The molecule has 24 heavy (non-hydrogen) atoms. The molecular formula is C18H22N2O4. The lowest BCUT2D eigenvalue weighted by atomic mass is 9.97. The fourth-order valence-corrected chi connectivity index (χ4v) is 2.21. The second kappa shape index (κ2) is 10.9. The number of likely N-dealkylation sites (tertiary alicyclic amines) is 1. The molecule has 128 valence electrons. The number of carbonyl (C=O) groups is 3. The van der Waals surface area contributed by atoms with Crippen LogP contribution in [-0.4, -0.2) is 47.4 Å². The van der Waals surface area contributed by atoms with E-state index in [1.165, 1.54) is 0 Å². The van der Waals surface area contributed by atoms with Crippen molar-refractivity contribution in [1.82, 2.24) is 10.2 Å². The SMILES string of the molecule is C#CC/C=C\C=C=CCC(=O)NCC(=O)N1CCC(C(=O)O)CC1. The predicted octanol–water partition coefficient (Wildman–Crippen LogP) is 1.11. The zero-order valence-corrected chi connectivity index (χ0v) is 13.5. The minimum Gasteiger partial charge on any atom is -0.481 e. The summed E-state index contributed by atoms with van der Waals surface area (Å²) in [5.41, 5.74) is 2.82. The number of hydrogen-bond donors (Lipinski definition) is 2. The normalized spacial score (nSPS) is 14.5. The monoisotopic (exact) mass is 330 g/mol. The Morgan fingerprint density at radius 3 is 2.62 bits per heavy atom. The summed E-state index contributed by atoms with van der Waals surface area (Å²) in [6, 6.07) is 0. The molecule has 1 aliphatic heterocycles. The molecule has 0 radical (unpaired) electrons. The molecule has 0 saturated carbocycles. The van der Waals surface area contributed by atoms with Crippen LogP contribution in [0.15, 0.2) is 30.0 Å². The summed E-state index contributed by atoms with van der Waals surface area (Å²) in [6.45, 7) is 0.757. The lowest BCUT2D eigenvalue weighted by molar-refractivity contribution is -0.145. The molecule has 0 bridgehead atoms. The van der Waals surface area contributed by atoms with Gasteiger partial charge in [0, 0.05) is 19.5 Å². The van der Waals surface area contributed by atoms with E-state index in [1.54, 1.807) is 29.2 Å². The third kappa shape index (κ3) is 7.48. The Hall–Kier alpha value is -2.77. The number of hydrogen-bond acceptors (Lipinski definition) is 3.